The van der Waals surface area contributed by atoms with Crippen LogP contribution in [0.4, 0.5) is 0 Å². The van der Waals surface area contributed by atoms with Crippen molar-refractivity contribution in [2.24, 2.45) is 22.7 Å². The highest BCUT2D eigenvalue weighted by molar-refractivity contribution is 5.91. The Morgan fingerprint density at radius 1 is 1.41 bits per heavy atom. The van der Waals surface area contributed by atoms with Crippen LogP contribution in [0.3, 0.4) is 0 Å². The molecule has 0 saturated heterocycles. The van der Waals surface area contributed by atoms with Crippen LogP contribution in [0.25, 0.3) is 0 Å². The number of rotatable bonds is 0. The van der Waals surface area contributed by atoms with Crippen LogP contribution in [0, 0.1) is 39.4 Å². The topological polar surface area (TPSA) is 64.7 Å². The lowest BCUT2D eigenvalue weighted by Gasteiger charge is -2.53. The minimum atomic E-state index is -0.475. The van der Waals surface area contributed by atoms with Gasteiger partial charge in [-0.3, -0.25) is 4.79 Å². The minimum Gasteiger partial charge on any atom is -0.310 e. The molecule has 0 aromatic carbocycles. The third-order valence-corrected chi connectivity index (χ3v) is 4.84. The van der Waals surface area contributed by atoms with Gasteiger partial charge in [0.25, 0.3) is 0 Å². The van der Waals surface area contributed by atoms with Gasteiger partial charge in [0.15, 0.2) is 5.78 Å². The maximum atomic E-state index is 12.3. The number of carbonyl (C=O) groups is 1. The van der Waals surface area contributed by atoms with Crippen LogP contribution in [0.15, 0.2) is 0 Å². The molecule has 3 nitrogen and oxygen atoms in total. The zero-order chi connectivity index (χ0) is 12.8. The molecule has 3 heteroatoms. The van der Waals surface area contributed by atoms with Gasteiger partial charge in [0.05, 0.1) is 6.07 Å². The van der Waals surface area contributed by atoms with Crippen LogP contribution < -0.4 is 0 Å². The molecule has 0 amide bonds. The maximum absolute atomic E-state index is 12.3. The summed E-state index contributed by atoms with van der Waals surface area (Å²) in [6.07, 6.45) is 3.13. The summed E-state index contributed by atoms with van der Waals surface area (Å²) in [6.45, 7) is 6.12. The fourth-order valence-electron chi connectivity index (χ4n) is 4.10. The smallest absolute Gasteiger partial charge is 0.155 e. The van der Waals surface area contributed by atoms with E-state index in [0.29, 0.717) is 12.3 Å². The Labute approximate surface area is 103 Å². The monoisotopic (exact) mass is 232 g/mol. The van der Waals surface area contributed by atoms with E-state index in [4.69, 9.17) is 10.7 Å². The summed E-state index contributed by atoms with van der Waals surface area (Å²) < 4.78 is 0. The van der Waals surface area contributed by atoms with Crippen LogP contribution in [-0.4, -0.2) is 11.5 Å². The number of ketones is 1. The molecular weight excluding hydrogens is 212 g/mol. The van der Waals surface area contributed by atoms with E-state index in [9.17, 15) is 4.79 Å². The van der Waals surface area contributed by atoms with Gasteiger partial charge < -0.3 is 5.41 Å². The molecule has 0 spiro atoms. The molecule has 3 atom stereocenters. The Bertz CT molecular complexity index is 418. The van der Waals surface area contributed by atoms with Gasteiger partial charge in [-0.15, -0.1) is 0 Å². The van der Waals surface area contributed by atoms with Gasteiger partial charge in [-0.05, 0) is 37.0 Å². The first kappa shape index (κ1) is 12.3. The van der Waals surface area contributed by atoms with E-state index in [2.05, 4.69) is 13.0 Å². The van der Waals surface area contributed by atoms with Crippen molar-refractivity contribution in [1.29, 1.82) is 10.7 Å². The van der Waals surface area contributed by atoms with Gasteiger partial charge in [0.1, 0.15) is 5.92 Å². The van der Waals surface area contributed by atoms with Gasteiger partial charge >= 0.3 is 0 Å². The fourth-order valence-corrected chi connectivity index (χ4v) is 4.10. The lowest BCUT2D eigenvalue weighted by Crippen LogP contribution is -2.53. The third kappa shape index (κ3) is 1.71. The number of nitriles is 1. The number of hydrogen-bond donors (Lipinski definition) is 1. The number of carbonyl (C=O) groups excluding carboxylic acids is 1. The summed E-state index contributed by atoms with van der Waals surface area (Å²) >= 11 is 0. The highest BCUT2D eigenvalue weighted by atomic mass is 16.1. The van der Waals surface area contributed by atoms with Crippen molar-refractivity contribution in [3.05, 3.63) is 0 Å². The Morgan fingerprint density at radius 3 is 2.65 bits per heavy atom. The highest BCUT2D eigenvalue weighted by Gasteiger charge is 2.56. The summed E-state index contributed by atoms with van der Waals surface area (Å²) in [6, 6.07) is 2.16. The van der Waals surface area contributed by atoms with Crippen LogP contribution in [-0.2, 0) is 4.79 Å². The fraction of sp³-hybridized carbons (Fsp3) is 0.786. The number of fused-ring (bicyclic) bond motifs is 1. The first-order valence-electron chi connectivity index (χ1n) is 6.31. The third-order valence-electron chi connectivity index (χ3n) is 4.84. The molecule has 2 saturated carbocycles. The molecule has 0 heterocycles. The van der Waals surface area contributed by atoms with Crippen molar-refractivity contribution in [2.45, 2.75) is 46.5 Å². The van der Waals surface area contributed by atoms with Crippen molar-refractivity contribution in [3.63, 3.8) is 0 Å². The second kappa shape index (κ2) is 3.66. The lowest BCUT2D eigenvalue weighted by atomic mass is 9.49. The van der Waals surface area contributed by atoms with Gasteiger partial charge in [-0.25, -0.2) is 0 Å². The van der Waals surface area contributed by atoms with Gasteiger partial charge in [0.2, 0.25) is 0 Å². The SMILES string of the molecule is CC1(C)C(=O)C(C#N)C[C@]2(C)CC(=N)CC[C@@H]12. The molecule has 0 aliphatic heterocycles. The van der Waals surface area contributed by atoms with Crippen molar-refractivity contribution < 1.29 is 4.79 Å². The average molecular weight is 232 g/mol. The molecule has 2 fully saturated rings. The summed E-state index contributed by atoms with van der Waals surface area (Å²) in [5, 5.41) is 17.0. The molecule has 2 rings (SSSR count). The normalized spacial score (nSPS) is 40.6. The molecule has 17 heavy (non-hydrogen) atoms. The second-order valence-electron chi connectivity index (χ2n) is 6.50. The molecule has 0 aromatic rings. The van der Waals surface area contributed by atoms with Crippen LogP contribution in [0.2, 0.25) is 0 Å². The Balaban J connectivity index is 2.41. The zero-order valence-corrected chi connectivity index (χ0v) is 10.8. The number of nitrogens with zero attached hydrogens (tertiary/aromatic N) is 1. The van der Waals surface area contributed by atoms with E-state index < -0.39 is 11.3 Å². The average Bonchev–Trinajstić information content (AvgIpc) is 2.23. The van der Waals surface area contributed by atoms with E-state index >= 15 is 0 Å². The number of nitrogens with one attached hydrogen (secondary N) is 1. The molecular formula is C14H20N2O. The summed E-state index contributed by atoms with van der Waals surface area (Å²) in [5.74, 6) is -0.0470. The highest BCUT2D eigenvalue weighted by Crippen LogP contribution is 2.56. The molecule has 0 aromatic heterocycles. The molecule has 2 aliphatic rings. The predicted octanol–water partition coefficient (Wildman–Crippen LogP) is 2.95. The van der Waals surface area contributed by atoms with E-state index in [1.165, 1.54) is 0 Å². The molecule has 1 N–H and O–H groups in total. The minimum absolute atomic E-state index is 0.0346. The number of Topliss-reactive ketones (excluding diaryl/α,β-unsaturated/α-hetero) is 1. The first-order chi connectivity index (χ1) is 7.81. The predicted molar refractivity (Wildman–Crippen MR) is 65.7 cm³/mol. The van der Waals surface area contributed by atoms with Crippen LogP contribution in [0.1, 0.15) is 46.5 Å². The van der Waals surface area contributed by atoms with E-state index in [1.54, 1.807) is 0 Å². The van der Waals surface area contributed by atoms with E-state index in [0.717, 1.165) is 25.0 Å². The Hall–Kier alpha value is -1.17. The van der Waals surface area contributed by atoms with Crippen molar-refractivity contribution in [3.8, 4) is 6.07 Å². The zero-order valence-electron chi connectivity index (χ0n) is 10.8. The maximum Gasteiger partial charge on any atom is 0.155 e. The number of hydrogen-bond acceptors (Lipinski definition) is 3. The van der Waals surface area contributed by atoms with Crippen LogP contribution in [0.5, 0.6) is 0 Å². The first-order valence-corrected chi connectivity index (χ1v) is 6.31. The summed E-state index contributed by atoms with van der Waals surface area (Å²) in [4.78, 5) is 12.3. The van der Waals surface area contributed by atoms with E-state index in [1.807, 2.05) is 13.8 Å². The Kier molecular flexibility index (Phi) is 2.65. The van der Waals surface area contributed by atoms with Crippen LogP contribution >= 0.6 is 0 Å². The lowest BCUT2D eigenvalue weighted by molar-refractivity contribution is -0.144. The molecule has 2 aliphatic carbocycles. The molecule has 0 radical (unpaired) electrons. The molecule has 0 bridgehead atoms. The standard InChI is InChI=1S/C14H20N2O/c1-13(2)11-5-4-10(16)7-14(11,3)6-9(8-15)12(13)17/h9,11,16H,4-7H2,1-3H3/t9?,11-,14+/m0/s1. The van der Waals surface area contributed by atoms with E-state index in [-0.39, 0.29) is 11.2 Å². The molecule has 92 valence electrons. The van der Waals surface area contributed by atoms with Crippen molar-refractivity contribution in [2.75, 3.05) is 0 Å². The van der Waals surface area contributed by atoms with Gasteiger partial charge in [-0.2, -0.15) is 5.26 Å². The quantitative estimate of drug-likeness (QED) is 0.697. The largest absolute Gasteiger partial charge is 0.310 e. The van der Waals surface area contributed by atoms with Crippen molar-refractivity contribution in [1.82, 2.24) is 0 Å². The van der Waals surface area contributed by atoms with Crippen molar-refractivity contribution >= 4 is 11.5 Å². The second-order valence-corrected chi connectivity index (χ2v) is 6.50. The van der Waals surface area contributed by atoms with Gasteiger partial charge in [0, 0.05) is 11.1 Å². The molecule has 1 unspecified atom stereocenters. The van der Waals surface area contributed by atoms with Gasteiger partial charge in [-0.1, -0.05) is 20.8 Å². The summed E-state index contributed by atoms with van der Waals surface area (Å²) in [5.41, 5.74) is 0.340. The Morgan fingerprint density at radius 2 is 2.06 bits per heavy atom. The summed E-state index contributed by atoms with van der Waals surface area (Å²) in [7, 11) is 0.